The maximum Gasteiger partial charge on any atom is 0.305 e. The summed E-state index contributed by atoms with van der Waals surface area (Å²) in [6.07, 6.45) is 1.31. The Morgan fingerprint density at radius 1 is 1.25 bits per heavy atom. The van der Waals surface area contributed by atoms with Crippen LogP contribution in [0.5, 0.6) is 0 Å². The number of aryl methyl sites for hydroxylation is 1. The van der Waals surface area contributed by atoms with Crippen LogP contribution in [0.15, 0.2) is 24.3 Å². The smallest absolute Gasteiger partial charge is 0.305 e. The average molecular weight is 277 g/mol. The molecule has 0 spiro atoms. The molecule has 0 bridgehead atoms. The fourth-order valence-electron chi connectivity index (χ4n) is 2.09. The van der Waals surface area contributed by atoms with Gasteiger partial charge in [0.2, 0.25) is 5.91 Å². The van der Waals surface area contributed by atoms with Crippen molar-refractivity contribution in [2.75, 3.05) is 13.6 Å². The van der Waals surface area contributed by atoms with Gasteiger partial charge >= 0.3 is 5.97 Å². The van der Waals surface area contributed by atoms with Crippen molar-refractivity contribution in [1.29, 1.82) is 0 Å². The highest BCUT2D eigenvalue weighted by Crippen LogP contribution is 2.24. The molecule has 1 aromatic carbocycles. The largest absolute Gasteiger partial charge is 0.481 e. The molecule has 4 nitrogen and oxygen atoms in total. The highest BCUT2D eigenvalue weighted by atomic mass is 16.4. The molecule has 1 amide bonds. The predicted octanol–water partition coefficient (Wildman–Crippen LogP) is 2.81. The number of benzene rings is 1. The third-order valence-electron chi connectivity index (χ3n) is 3.55. The third-order valence-corrected chi connectivity index (χ3v) is 3.55. The van der Waals surface area contributed by atoms with Crippen molar-refractivity contribution in [2.45, 2.75) is 39.0 Å². The number of aliphatic carboxylic acids is 1. The van der Waals surface area contributed by atoms with Crippen molar-refractivity contribution in [2.24, 2.45) is 0 Å². The Kier molecular flexibility index (Phi) is 6.22. The lowest BCUT2D eigenvalue weighted by molar-refractivity contribution is -0.138. The Bertz CT molecular complexity index is 453. The maximum atomic E-state index is 12.1. The second-order valence-electron chi connectivity index (χ2n) is 5.18. The molecular formula is C16H23NO3. The highest BCUT2D eigenvalue weighted by Gasteiger charge is 2.17. The number of hydrogen-bond donors (Lipinski definition) is 1. The summed E-state index contributed by atoms with van der Waals surface area (Å²) in [6, 6.07) is 8.23. The van der Waals surface area contributed by atoms with E-state index in [0.717, 1.165) is 12.0 Å². The van der Waals surface area contributed by atoms with Crippen LogP contribution in [0.25, 0.3) is 0 Å². The van der Waals surface area contributed by atoms with Crippen LogP contribution in [0.1, 0.15) is 43.2 Å². The summed E-state index contributed by atoms with van der Waals surface area (Å²) in [6.45, 7) is 4.36. The number of carboxylic acids is 1. The Morgan fingerprint density at radius 3 is 2.35 bits per heavy atom. The summed E-state index contributed by atoms with van der Waals surface area (Å²) in [7, 11) is 1.66. The monoisotopic (exact) mass is 277 g/mol. The first-order chi connectivity index (χ1) is 9.43. The summed E-state index contributed by atoms with van der Waals surface area (Å²) in [4.78, 5) is 24.1. The lowest BCUT2D eigenvalue weighted by Gasteiger charge is -2.20. The van der Waals surface area contributed by atoms with E-state index in [1.165, 1.54) is 10.5 Å². The summed E-state index contributed by atoms with van der Waals surface area (Å²) < 4.78 is 0. The van der Waals surface area contributed by atoms with E-state index >= 15 is 0 Å². The van der Waals surface area contributed by atoms with E-state index in [2.05, 4.69) is 31.2 Å². The maximum absolute atomic E-state index is 12.1. The standard InChI is InChI=1S/C16H23NO3/c1-4-13(14-7-5-12(2)6-8-14)11-15(18)17(3)10-9-16(19)20/h5-8,13H,4,9-11H2,1-3H3,(H,19,20). The van der Waals surface area contributed by atoms with E-state index < -0.39 is 5.97 Å². The molecule has 0 fully saturated rings. The van der Waals surface area contributed by atoms with E-state index in [0.29, 0.717) is 6.42 Å². The number of carboxylic acid groups (broad SMARTS) is 1. The SMILES string of the molecule is CCC(CC(=O)N(C)CCC(=O)O)c1ccc(C)cc1. The van der Waals surface area contributed by atoms with Crippen molar-refractivity contribution in [3.8, 4) is 0 Å². The number of hydrogen-bond acceptors (Lipinski definition) is 2. The summed E-state index contributed by atoms with van der Waals surface area (Å²) in [5.74, 6) is -0.690. The van der Waals surface area contributed by atoms with Gasteiger partial charge in [-0.25, -0.2) is 0 Å². The average Bonchev–Trinajstić information content (AvgIpc) is 2.42. The van der Waals surface area contributed by atoms with Crippen LogP contribution in [-0.4, -0.2) is 35.5 Å². The molecular weight excluding hydrogens is 254 g/mol. The summed E-state index contributed by atoms with van der Waals surface area (Å²) in [5, 5.41) is 8.64. The first kappa shape index (κ1) is 16.2. The summed E-state index contributed by atoms with van der Waals surface area (Å²) >= 11 is 0. The number of carbonyl (C=O) groups excluding carboxylic acids is 1. The van der Waals surface area contributed by atoms with Gasteiger partial charge in [0.05, 0.1) is 6.42 Å². The van der Waals surface area contributed by atoms with Crippen LogP contribution in [0.4, 0.5) is 0 Å². The molecule has 1 N–H and O–H groups in total. The minimum absolute atomic E-state index is 0.00123. The number of rotatable bonds is 7. The lowest BCUT2D eigenvalue weighted by atomic mass is 9.92. The molecule has 0 aromatic heterocycles. The third kappa shape index (κ3) is 5.03. The van der Waals surface area contributed by atoms with Crippen molar-refractivity contribution in [3.05, 3.63) is 35.4 Å². The Hall–Kier alpha value is -1.84. The van der Waals surface area contributed by atoms with Gasteiger partial charge in [-0.05, 0) is 24.8 Å². The van der Waals surface area contributed by atoms with Gasteiger partial charge in [0.1, 0.15) is 0 Å². The molecule has 0 radical (unpaired) electrons. The molecule has 0 heterocycles. The van der Waals surface area contributed by atoms with Crippen LogP contribution < -0.4 is 0 Å². The second-order valence-corrected chi connectivity index (χ2v) is 5.18. The van der Waals surface area contributed by atoms with E-state index in [1.54, 1.807) is 7.05 Å². The van der Waals surface area contributed by atoms with Gasteiger partial charge < -0.3 is 10.0 Å². The van der Waals surface area contributed by atoms with E-state index in [1.807, 2.05) is 6.92 Å². The highest BCUT2D eigenvalue weighted by molar-refractivity contribution is 5.77. The minimum Gasteiger partial charge on any atom is -0.481 e. The molecule has 0 aliphatic rings. The van der Waals surface area contributed by atoms with Crippen LogP contribution in [0, 0.1) is 6.92 Å². The lowest BCUT2D eigenvalue weighted by Crippen LogP contribution is -2.30. The van der Waals surface area contributed by atoms with Crippen molar-refractivity contribution >= 4 is 11.9 Å². The van der Waals surface area contributed by atoms with Gasteiger partial charge in [-0.3, -0.25) is 9.59 Å². The van der Waals surface area contributed by atoms with Crippen molar-refractivity contribution < 1.29 is 14.7 Å². The molecule has 1 aromatic rings. The van der Waals surface area contributed by atoms with Crippen LogP contribution >= 0.6 is 0 Å². The van der Waals surface area contributed by atoms with Crippen molar-refractivity contribution in [1.82, 2.24) is 4.90 Å². The molecule has 0 aliphatic carbocycles. The molecule has 1 rings (SSSR count). The van der Waals surface area contributed by atoms with Gasteiger partial charge in [0.15, 0.2) is 0 Å². The summed E-state index contributed by atoms with van der Waals surface area (Å²) in [5.41, 5.74) is 2.37. The topological polar surface area (TPSA) is 57.6 Å². The van der Waals surface area contributed by atoms with Crippen LogP contribution in [0.2, 0.25) is 0 Å². The van der Waals surface area contributed by atoms with Gasteiger partial charge in [-0.1, -0.05) is 36.8 Å². The van der Waals surface area contributed by atoms with Gasteiger partial charge in [0.25, 0.3) is 0 Å². The molecule has 0 saturated heterocycles. The first-order valence-corrected chi connectivity index (χ1v) is 6.96. The molecule has 1 unspecified atom stereocenters. The van der Waals surface area contributed by atoms with E-state index in [-0.39, 0.29) is 24.8 Å². The quantitative estimate of drug-likeness (QED) is 0.833. The zero-order valence-electron chi connectivity index (χ0n) is 12.4. The van der Waals surface area contributed by atoms with Crippen LogP contribution in [-0.2, 0) is 9.59 Å². The zero-order valence-corrected chi connectivity index (χ0v) is 12.4. The number of amides is 1. The fraction of sp³-hybridized carbons (Fsp3) is 0.500. The van der Waals surface area contributed by atoms with Crippen LogP contribution in [0.3, 0.4) is 0 Å². The number of carbonyl (C=O) groups is 2. The Balaban J connectivity index is 2.61. The normalized spacial score (nSPS) is 11.9. The fourth-order valence-corrected chi connectivity index (χ4v) is 2.09. The van der Waals surface area contributed by atoms with Gasteiger partial charge in [0, 0.05) is 20.0 Å². The minimum atomic E-state index is -0.879. The molecule has 4 heteroatoms. The molecule has 1 atom stereocenters. The second kappa shape index (κ2) is 7.68. The first-order valence-electron chi connectivity index (χ1n) is 6.96. The Morgan fingerprint density at radius 2 is 1.85 bits per heavy atom. The molecule has 0 saturated carbocycles. The zero-order chi connectivity index (χ0) is 15.1. The van der Waals surface area contributed by atoms with Gasteiger partial charge in [-0.2, -0.15) is 0 Å². The van der Waals surface area contributed by atoms with E-state index in [9.17, 15) is 9.59 Å². The van der Waals surface area contributed by atoms with Gasteiger partial charge in [-0.15, -0.1) is 0 Å². The van der Waals surface area contributed by atoms with E-state index in [4.69, 9.17) is 5.11 Å². The number of nitrogens with zero attached hydrogens (tertiary/aromatic N) is 1. The predicted molar refractivity (Wildman–Crippen MR) is 78.7 cm³/mol. The Labute approximate surface area is 120 Å². The molecule has 110 valence electrons. The molecule has 0 aliphatic heterocycles. The van der Waals surface area contributed by atoms with Crippen molar-refractivity contribution in [3.63, 3.8) is 0 Å². The molecule has 20 heavy (non-hydrogen) atoms.